The molecule has 0 bridgehead atoms. The summed E-state index contributed by atoms with van der Waals surface area (Å²) < 4.78 is 41.0. The summed E-state index contributed by atoms with van der Waals surface area (Å²) in [4.78, 5) is 12.2. The minimum Gasteiger partial charge on any atom is -0.497 e. The lowest BCUT2D eigenvalue weighted by atomic mass is 9.86. The summed E-state index contributed by atoms with van der Waals surface area (Å²) in [6.07, 6.45) is -0.391. The molecule has 3 aromatic carbocycles. The van der Waals surface area contributed by atoms with E-state index in [1.807, 2.05) is 44.2 Å². The maximum absolute atomic E-state index is 11.9. The second kappa shape index (κ2) is 11.0. The second-order valence-electron chi connectivity index (χ2n) is 9.20. The Morgan fingerprint density at radius 2 is 1.73 bits per heavy atom. The van der Waals surface area contributed by atoms with Gasteiger partial charge in [0.1, 0.15) is 28.2 Å². The van der Waals surface area contributed by atoms with E-state index in [0.717, 1.165) is 22.3 Å². The first-order valence-corrected chi connectivity index (χ1v) is 13.5. The van der Waals surface area contributed by atoms with Crippen LogP contribution in [0.1, 0.15) is 41.5 Å². The average Bonchev–Trinajstić information content (AvgIpc) is 2.96. The standard InChI is InChI=1S/C28H33NO7S/c1-18-9-10-20(25(15-28(30)31)21-12-23(34-3)14-24(13-21)35-4)11-22(18)17-29-16-19(2)36-26-7-5-6-8-27(26)37(29,32)33/h5-14,19,25,32-33H,15-17H2,1-4H3,(H,30,31). The normalized spacial score (nSPS) is 18.6. The van der Waals surface area contributed by atoms with E-state index in [4.69, 9.17) is 14.2 Å². The van der Waals surface area contributed by atoms with E-state index < -0.39 is 22.7 Å². The zero-order valence-electron chi connectivity index (χ0n) is 21.4. The van der Waals surface area contributed by atoms with E-state index in [1.54, 1.807) is 48.9 Å². The van der Waals surface area contributed by atoms with Crippen LogP contribution in [0.3, 0.4) is 0 Å². The van der Waals surface area contributed by atoms with Crippen LogP contribution < -0.4 is 14.2 Å². The van der Waals surface area contributed by atoms with Crippen LogP contribution in [0.25, 0.3) is 0 Å². The van der Waals surface area contributed by atoms with E-state index in [9.17, 15) is 19.0 Å². The Labute approximate surface area is 218 Å². The van der Waals surface area contributed by atoms with Crippen LogP contribution in [-0.4, -0.2) is 51.4 Å². The van der Waals surface area contributed by atoms with E-state index in [0.29, 0.717) is 28.7 Å². The summed E-state index contributed by atoms with van der Waals surface area (Å²) in [6.45, 7) is 4.42. The maximum Gasteiger partial charge on any atom is 0.304 e. The highest BCUT2D eigenvalue weighted by atomic mass is 32.3. The van der Waals surface area contributed by atoms with Crippen molar-refractivity contribution in [1.82, 2.24) is 4.31 Å². The fourth-order valence-electron chi connectivity index (χ4n) is 4.61. The maximum atomic E-state index is 11.9. The summed E-state index contributed by atoms with van der Waals surface area (Å²) >= 11 is 0. The van der Waals surface area contributed by atoms with Crippen LogP contribution in [0.4, 0.5) is 0 Å². The molecule has 0 saturated heterocycles. The zero-order chi connectivity index (χ0) is 26.7. The smallest absolute Gasteiger partial charge is 0.304 e. The lowest BCUT2D eigenvalue weighted by molar-refractivity contribution is -0.137. The van der Waals surface area contributed by atoms with Crippen LogP contribution in [0.2, 0.25) is 0 Å². The summed E-state index contributed by atoms with van der Waals surface area (Å²) in [5.41, 5.74) is 3.38. The van der Waals surface area contributed by atoms with Crippen molar-refractivity contribution in [1.29, 1.82) is 0 Å². The molecule has 3 N–H and O–H groups in total. The molecule has 1 aliphatic heterocycles. The van der Waals surface area contributed by atoms with Gasteiger partial charge in [0.15, 0.2) is 0 Å². The number of carboxylic acids is 1. The molecular weight excluding hydrogens is 494 g/mol. The highest BCUT2D eigenvalue weighted by molar-refractivity contribution is 8.22. The van der Waals surface area contributed by atoms with Crippen molar-refractivity contribution in [3.8, 4) is 17.2 Å². The Bertz CT molecular complexity index is 1260. The summed E-state index contributed by atoms with van der Waals surface area (Å²) in [5, 5.41) is 9.72. The van der Waals surface area contributed by atoms with E-state index >= 15 is 0 Å². The number of ether oxygens (including phenoxy) is 3. The van der Waals surface area contributed by atoms with Gasteiger partial charge in [-0.3, -0.25) is 13.9 Å². The third kappa shape index (κ3) is 5.86. The molecule has 4 rings (SSSR count). The summed E-state index contributed by atoms with van der Waals surface area (Å²) in [5.74, 6) is 0.217. The van der Waals surface area contributed by atoms with Gasteiger partial charge in [0.2, 0.25) is 0 Å². The highest BCUT2D eigenvalue weighted by Crippen LogP contribution is 2.57. The van der Waals surface area contributed by atoms with Crippen molar-refractivity contribution >= 4 is 16.7 Å². The molecule has 0 spiro atoms. The van der Waals surface area contributed by atoms with E-state index in [1.165, 1.54) is 0 Å². The predicted octanol–water partition coefficient (Wildman–Crippen LogP) is 5.93. The van der Waals surface area contributed by atoms with Crippen LogP contribution in [0.15, 0.2) is 65.6 Å². The number of aryl methyl sites for hydroxylation is 1. The summed E-state index contributed by atoms with van der Waals surface area (Å²) in [7, 11) is -0.203. The number of methoxy groups -OCH3 is 2. The quantitative estimate of drug-likeness (QED) is 0.331. The molecular formula is C28H33NO7S. The minimum atomic E-state index is -3.31. The number of hydrogen-bond donors (Lipinski definition) is 3. The van der Waals surface area contributed by atoms with Crippen molar-refractivity contribution in [3.05, 3.63) is 82.9 Å². The molecule has 0 aliphatic carbocycles. The van der Waals surface area contributed by atoms with Gasteiger partial charge in [0, 0.05) is 18.5 Å². The Balaban J connectivity index is 1.73. The molecule has 0 saturated carbocycles. The first kappa shape index (κ1) is 26.8. The van der Waals surface area contributed by atoms with E-state index in [2.05, 4.69) is 0 Å². The van der Waals surface area contributed by atoms with Gasteiger partial charge in [-0.1, -0.05) is 30.3 Å². The third-order valence-corrected chi connectivity index (χ3v) is 8.50. The van der Waals surface area contributed by atoms with Crippen LogP contribution >= 0.6 is 10.8 Å². The van der Waals surface area contributed by atoms with Crippen molar-refractivity contribution in [2.45, 2.75) is 43.7 Å². The molecule has 198 valence electrons. The highest BCUT2D eigenvalue weighted by Gasteiger charge is 2.34. The molecule has 0 aromatic heterocycles. The second-order valence-corrected chi connectivity index (χ2v) is 11.2. The number of benzene rings is 3. The van der Waals surface area contributed by atoms with E-state index in [-0.39, 0.29) is 19.1 Å². The Kier molecular flexibility index (Phi) is 7.99. The SMILES string of the molecule is COc1cc(OC)cc(C(CC(=O)O)c2ccc(C)c(CN3CC(C)Oc4ccccc4S3(O)O)c2)c1. The number of carboxylic acid groups (broad SMARTS) is 1. The third-order valence-electron chi connectivity index (χ3n) is 6.57. The number of para-hydroxylation sites is 1. The Morgan fingerprint density at radius 1 is 1.05 bits per heavy atom. The van der Waals surface area contributed by atoms with Gasteiger partial charge in [0.25, 0.3) is 0 Å². The molecule has 2 atom stereocenters. The molecule has 3 aromatic rings. The molecule has 1 aliphatic rings. The molecule has 37 heavy (non-hydrogen) atoms. The molecule has 0 fully saturated rings. The van der Waals surface area contributed by atoms with Crippen LogP contribution in [-0.2, 0) is 11.3 Å². The molecule has 9 heteroatoms. The predicted molar refractivity (Wildman–Crippen MR) is 143 cm³/mol. The fourth-order valence-corrected chi connectivity index (χ4v) is 6.28. The lowest BCUT2D eigenvalue weighted by Crippen LogP contribution is -2.33. The van der Waals surface area contributed by atoms with Crippen molar-refractivity contribution < 1.29 is 33.2 Å². The van der Waals surface area contributed by atoms with Gasteiger partial charge < -0.3 is 19.3 Å². The topological polar surface area (TPSA) is 109 Å². The van der Waals surface area contributed by atoms with Crippen LogP contribution in [0, 0.1) is 6.92 Å². The Morgan fingerprint density at radius 3 is 2.38 bits per heavy atom. The fraction of sp³-hybridized carbons (Fsp3) is 0.321. The number of aliphatic carboxylic acids is 1. The van der Waals surface area contributed by atoms with Gasteiger partial charge in [0.05, 0.1) is 27.2 Å². The lowest BCUT2D eigenvalue weighted by Gasteiger charge is -2.42. The van der Waals surface area contributed by atoms with Gasteiger partial charge in [-0.15, -0.1) is 10.8 Å². The van der Waals surface area contributed by atoms with Crippen molar-refractivity contribution in [2.24, 2.45) is 0 Å². The molecule has 0 radical (unpaired) electrons. The van der Waals surface area contributed by atoms with Gasteiger partial charge >= 0.3 is 5.97 Å². The average molecular weight is 528 g/mol. The van der Waals surface area contributed by atoms with Crippen molar-refractivity contribution in [2.75, 3.05) is 20.8 Å². The van der Waals surface area contributed by atoms with Gasteiger partial charge in [-0.05, 0) is 60.4 Å². The number of fused-ring (bicyclic) bond motifs is 1. The molecule has 1 heterocycles. The van der Waals surface area contributed by atoms with Crippen LogP contribution in [0.5, 0.6) is 17.2 Å². The summed E-state index contributed by atoms with van der Waals surface area (Å²) in [6, 6.07) is 18.2. The molecule has 8 nitrogen and oxygen atoms in total. The first-order chi connectivity index (χ1) is 17.6. The first-order valence-electron chi connectivity index (χ1n) is 12.0. The number of hydrogen-bond acceptors (Lipinski definition) is 7. The monoisotopic (exact) mass is 527 g/mol. The van der Waals surface area contributed by atoms with Crippen molar-refractivity contribution in [3.63, 3.8) is 0 Å². The Hall–Kier alpha value is -3.24. The molecule has 0 amide bonds. The minimum absolute atomic E-state index is 0.129. The number of nitrogens with zero attached hydrogens (tertiary/aromatic N) is 1. The molecule has 2 unspecified atom stereocenters. The number of carbonyl (C=O) groups is 1. The zero-order valence-corrected chi connectivity index (χ0v) is 22.2. The van der Waals surface area contributed by atoms with Gasteiger partial charge in [-0.25, -0.2) is 0 Å². The largest absolute Gasteiger partial charge is 0.497 e. The number of rotatable bonds is 8. The van der Waals surface area contributed by atoms with Gasteiger partial charge in [-0.2, -0.15) is 4.31 Å².